The van der Waals surface area contributed by atoms with Gasteiger partial charge < -0.3 is 14.6 Å². The molecular formula is C24H30O4. The molecule has 2 rings (SSSR count). The molecule has 0 heterocycles. The van der Waals surface area contributed by atoms with Gasteiger partial charge in [0.05, 0.1) is 6.61 Å². The van der Waals surface area contributed by atoms with Crippen LogP contribution in [0.1, 0.15) is 44.1 Å². The summed E-state index contributed by atoms with van der Waals surface area (Å²) >= 11 is 0. The SMILES string of the molecule is COCCCCCCCCOc1ccc(-c2ccc(C=CC(=O)O)cc2)cc1. The number of unbranched alkanes of at least 4 members (excludes halogenated alkanes) is 5. The first kappa shape index (κ1) is 21.7. The highest BCUT2D eigenvalue weighted by Crippen LogP contribution is 2.23. The molecule has 0 saturated heterocycles. The van der Waals surface area contributed by atoms with Gasteiger partial charge >= 0.3 is 5.97 Å². The maximum Gasteiger partial charge on any atom is 0.328 e. The quantitative estimate of drug-likeness (QED) is 0.350. The number of aliphatic carboxylic acids is 1. The molecule has 0 amide bonds. The van der Waals surface area contributed by atoms with E-state index >= 15 is 0 Å². The molecule has 0 spiro atoms. The zero-order valence-corrected chi connectivity index (χ0v) is 16.6. The van der Waals surface area contributed by atoms with Crippen molar-refractivity contribution >= 4 is 12.0 Å². The Balaban J connectivity index is 1.70. The molecule has 0 fully saturated rings. The monoisotopic (exact) mass is 382 g/mol. The van der Waals surface area contributed by atoms with Crippen LogP contribution in [0.25, 0.3) is 17.2 Å². The average Bonchev–Trinajstić information content (AvgIpc) is 2.72. The Morgan fingerprint density at radius 2 is 1.36 bits per heavy atom. The van der Waals surface area contributed by atoms with E-state index in [4.69, 9.17) is 14.6 Å². The van der Waals surface area contributed by atoms with Gasteiger partial charge in [-0.1, -0.05) is 62.1 Å². The number of carbonyl (C=O) groups is 1. The van der Waals surface area contributed by atoms with Crippen LogP contribution in [0.2, 0.25) is 0 Å². The Bertz CT molecular complexity index is 717. The molecule has 0 unspecified atom stereocenters. The molecule has 0 bridgehead atoms. The molecule has 150 valence electrons. The van der Waals surface area contributed by atoms with E-state index < -0.39 is 5.97 Å². The summed E-state index contributed by atoms with van der Waals surface area (Å²) in [7, 11) is 1.75. The second-order valence-corrected chi connectivity index (χ2v) is 6.78. The first-order valence-corrected chi connectivity index (χ1v) is 9.92. The second kappa shape index (κ2) is 12.7. The Kier molecular flexibility index (Phi) is 9.87. The van der Waals surface area contributed by atoms with E-state index in [1.54, 1.807) is 13.2 Å². The number of benzene rings is 2. The van der Waals surface area contributed by atoms with E-state index in [-0.39, 0.29) is 0 Å². The van der Waals surface area contributed by atoms with Crippen molar-refractivity contribution < 1.29 is 19.4 Å². The van der Waals surface area contributed by atoms with E-state index in [0.717, 1.165) is 54.6 Å². The predicted octanol–water partition coefficient (Wildman–Crippen LogP) is 5.82. The summed E-state index contributed by atoms with van der Waals surface area (Å²) in [6.45, 7) is 1.62. The van der Waals surface area contributed by atoms with Crippen LogP contribution in [0.5, 0.6) is 5.75 Å². The summed E-state index contributed by atoms with van der Waals surface area (Å²) in [5, 5.41) is 8.67. The van der Waals surface area contributed by atoms with Crippen LogP contribution in [0.15, 0.2) is 54.6 Å². The van der Waals surface area contributed by atoms with E-state index in [1.807, 2.05) is 48.5 Å². The standard InChI is InChI=1S/C24H30O4/c1-27-18-6-4-2-3-5-7-19-28-23-15-13-22(14-16-23)21-11-8-20(9-12-21)10-17-24(25)26/h8-17H,2-7,18-19H2,1H3,(H,25,26). The molecule has 2 aromatic carbocycles. The number of methoxy groups -OCH3 is 1. The van der Waals surface area contributed by atoms with Gasteiger partial charge in [0, 0.05) is 19.8 Å². The Morgan fingerprint density at radius 3 is 1.93 bits per heavy atom. The molecule has 2 aromatic rings. The van der Waals surface area contributed by atoms with Gasteiger partial charge in [0.15, 0.2) is 0 Å². The van der Waals surface area contributed by atoms with Crippen LogP contribution in [0, 0.1) is 0 Å². The highest BCUT2D eigenvalue weighted by molar-refractivity contribution is 5.85. The highest BCUT2D eigenvalue weighted by atomic mass is 16.5. The van der Waals surface area contributed by atoms with Crippen LogP contribution in [0.4, 0.5) is 0 Å². The van der Waals surface area contributed by atoms with Crippen LogP contribution < -0.4 is 4.74 Å². The number of hydrogen-bond donors (Lipinski definition) is 1. The fourth-order valence-electron chi connectivity index (χ4n) is 2.94. The van der Waals surface area contributed by atoms with Gasteiger partial charge in [-0.25, -0.2) is 4.79 Å². The van der Waals surface area contributed by atoms with E-state index in [1.165, 1.54) is 25.7 Å². The maximum absolute atomic E-state index is 10.6. The second-order valence-electron chi connectivity index (χ2n) is 6.78. The van der Waals surface area contributed by atoms with Crippen LogP contribution >= 0.6 is 0 Å². The molecule has 4 nitrogen and oxygen atoms in total. The summed E-state index contributed by atoms with van der Waals surface area (Å²) in [6, 6.07) is 15.9. The summed E-state index contributed by atoms with van der Waals surface area (Å²) < 4.78 is 10.9. The van der Waals surface area contributed by atoms with Crippen LogP contribution in [-0.2, 0) is 9.53 Å². The molecule has 0 saturated carbocycles. The van der Waals surface area contributed by atoms with Gasteiger partial charge in [0.2, 0.25) is 0 Å². The lowest BCUT2D eigenvalue weighted by molar-refractivity contribution is -0.131. The lowest BCUT2D eigenvalue weighted by Gasteiger charge is -2.08. The van der Waals surface area contributed by atoms with Gasteiger partial charge in [-0.2, -0.15) is 0 Å². The number of rotatable bonds is 13. The molecule has 0 radical (unpaired) electrons. The first-order chi connectivity index (χ1) is 13.7. The third-order valence-corrected chi connectivity index (χ3v) is 4.53. The van der Waals surface area contributed by atoms with Gasteiger partial charge in [-0.15, -0.1) is 0 Å². The van der Waals surface area contributed by atoms with Crippen molar-refractivity contribution in [1.82, 2.24) is 0 Å². The number of carboxylic acids is 1. The highest BCUT2D eigenvalue weighted by Gasteiger charge is 2.00. The van der Waals surface area contributed by atoms with Crippen LogP contribution in [0.3, 0.4) is 0 Å². The molecule has 0 aliphatic heterocycles. The van der Waals surface area contributed by atoms with E-state index in [0.29, 0.717) is 0 Å². The zero-order chi connectivity index (χ0) is 20.0. The summed E-state index contributed by atoms with van der Waals surface area (Å²) in [5.41, 5.74) is 3.06. The van der Waals surface area contributed by atoms with Crippen molar-refractivity contribution in [2.75, 3.05) is 20.3 Å². The Hall–Kier alpha value is -2.59. The molecule has 0 atom stereocenters. The molecule has 0 aliphatic rings. The Labute approximate surface area is 167 Å². The normalized spacial score (nSPS) is 11.0. The third-order valence-electron chi connectivity index (χ3n) is 4.53. The predicted molar refractivity (Wildman–Crippen MR) is 114 cm³/mol. The summed E-state index contributed by atoms with van der Waals surface area (Å²) in [6.07, 6.45) is 9.93. The van der Waals surface area contributed by atoms with Crippen LogP contribution in [-0.4, -0.2) is 31.4 Å². The van der Waals surface area contributed by atoms with E-state index in [9.17, 15) is 4.79 Å². The maximum atomic E-state index is 10.6. The minimum atomic E-state index is -0.943. The molecule has 0 aromatic heterocycles. The van der Waals surface area contributed by atoms with Crippen molar-refractivity contribution in [3.63, 3.8) is 0 Å². The van der Waals surface area contributed by atoms with Crippen molar-refractivity contribution in [3.05, 3.63) is 60.2 Å². The van der Waals surface area contributed by atoms with Crippen molar-refractivity contribution in [2.24, 2.45) is 0 Å². The third kappa shape index (κ3) is 8.40. The minimum absolute atomic E-state index is 0.752. The fraction of sp³-hybridized carbons (Fsp3) is 0.375. The van der Waals surface area contributed by atoms with Crippen molar-refractivity contribution in [2.45, 2.75) is 38.5 Å². The largest absolute Gasteiger partial charge is 0.494 e. The van der Waals surface area contributed by atoms with E-state index in [2.05, 4.69) is 0 Å². The molecule has 28 heavy (non-hydrogen) atoms. The molecule has 1 N–H and O–H groups in total. The smallest absolute Gasteiger partial charge is 0.328 e. The lowest BCUT2D eigenvalue weighted by atomic mass is 10.0. The minimum Gasteiger partial charge on any atom is -0.494 e. The topological polar surface area (TPSA) is 55.8 Å². The van der Waals surface area contributed by atoms with Gasteiger partial charge in [-0.3, -0.25) is 0 Å². The molecular weight excluding hydrogens is 352 g/mol. The van der Waals surface area contributed by atoms with Gasteiger partial charge in [0.25, 0.3) is 0 Å². The average molecular weight is 383 g/mol. The molecule has 0 aliphatic carbocycles. The van der Waals surface area contributed by atoms with Gasteiger partial charge in [-0.05, 0) is 47.7 Å². The lowest BCUT2D eigenvalue weighted by Crippen LogP contribution is -1.97. The zero-order valence-electron chi connectivity index (χ0n) is 16.6. The van der Waals surface area contributed by atoms with Crippen molar-refractivity contribution in [3.8, 4) is 16.9 Å². The van der Waals surface area contributed by atoms with Crippen molar-refractivity contribution in [1.29, 1.82) is 0 Å². The summed E-state index contributed by atoms with van der Waals surface area (Å²) in [5.74, 6) is -0.0494. The number of carboxylic acid groups (broad SMARTS) is 1. The molecule has 4 heteroatoms. The number of ether oxygens (including phenoxy) is 2. The van der Waals surface area contributed by atoms with Gasteiger partial charge in [0.1, 0.15) is 5.75 Å². The fourth-order valence-corrected chi connectivity index (χ4v) is 2.94. The number of hydrogen-bond acceptors (Lipinski definition) is 3. The Morgan fingerprint density at radius 1 is 0.821 bits per heavy atom. The first-order valence-electron chi connectivity index (χ1n) is 9.92. The summed E-state index contributed by atoms with van der Waals surface area (Å²) in [4.78, 5) is 10.6.